The van der Waals surface area contributed by atoms with Crippen LogP contribution in [0.2, 0.25) is 0 Å². The van der Waals surface area contributed by atoms with Crippen molar-refractivity contribution in [2.75, 3.05) is 20.3 Å². The Hall–Kier alpha value is -1.66. The molecule has 0 atom stereocenters. The summed E-state index contributed by atoms with van der Waals surface area (Å²) in [6.45, 7) is 7.18. The Labute approximate surface area is 119 Å². The fourth-order valence-corrected chi connectivity index (χ4v) is 2.24. The van der Waals surface area contributed by atoms with Crippen molar-refractivity contribution in [2.45, 2.75) is 26.9 Å². The monoisotopic (exact) mass is 277 g/mol. The fourth-order valence-electron chi connectivity index (χ4n) is 2.24. The molecule has 0 saturated heterocycles. The number of aromatic nitrogens is 4. The van der Waals surface area contributed by atoms with Crippen LogP contribution in [0.5, 0.6) is 0 Å². The zero-order chi connectivity index (χ0) is 14.5. The number of ether oxygens (including phenoxy) is 1. The van der Waals surface area contributed by atoms with Gasteiger partial charge in [-0.2, -0.15) is 5.10 Å². The molecule has 0 aliphatic heterocycles. The first-order valence-corrected chi connectivity index (χ1v) is 6.82. The van der Waals surface area contributed by atoms with E-state index in [4.69, 9.17) is 4.74 Å². The van der Waals surface area contributed by atoms with E-state index < -0.39 is 0 Å². The molecule has 1 N–H and O–H groups in total. The van der Waals surface area contributed by atoms with E-state index in [1.54, 1.807) is 7.11 Å². The Bertz CT molecular complexity index is 558. The maximum atomic E-state index is 5.03. The second kappa shape index (κ2) is 6.67. The van der Waals surface area contributed by atoms with Crippen LogP contribution in [0.4, 0.5) is 0 Å². The molecule has 0 aliphatic carbocycles. The molecule has 2 aromatic rings. The van der Waals surface area contributed by atoms with Gasteiger partial charge in [-0.15, -0.1) is 0 Å². The molecule has 0 amide bonds. The van der Waals surface area contributed by atoms with E-state index in [-0.39, 0.29) is 0 Å². The number of hydrogen-bond acceptors (Lipinski definition) is 4. The van der Waals surface area contributed by atoms with Crippen molar-refractivity contribution in [3.63, 3.8) is 0 Å². The van der Waals surface area contributed by atoms with Gasteiger partial charge in [0.15, 0.2) is 0 Å². The summed E-state index contributed by atoms with van der Waals surface area (Å²) >= 11 is 0. The Morgan fingerprint density at radius 3 is 2.75 bits per heavy atom. The van der Waals surface area contributed by atoms with E-state index >= 15 is 0 Å². The summed E-state index contributed by atoms with van der Waals surface area (Å²) in [7, 11) is 3.69. The maximum Gasteiger partial charge on any atom is 0.106 e. The van der Waals surface area contributed by atoms with Crippen LogP contribution < -0.4 is 5.32 Å². The van der Waals surface area contributed by atoms with Crippen LogP contribution in [0.3, 0.4) is 0 Å². The van der Waals surface area contributed by atoms with Crippen LogP contribution >= 0.6 is 0 Å². The van der Waals surface area contributed by atoms with Gasteiger partial charge >= 0.3 is 0 Å². The van der Waals surface area contributed by atoms with Crippen LogP contribution in [-0.2, 0) is 24.9 Å². The van der Waals surface area contributed by atoms with Crippen LogP contribution in [0, 0.1) is 13.8 Å². The first-order chi connectivity index (χ1) is 9.61. The molecule has 6 nitrogen and oxygen atoms in total. The highest BCUT2D eigenvalue weighted by atomic mass is 16.5. The predicted molar refractivity (Wildman–Crippen MR) is 77.6 cm³/mol. The lowest BCUT2D eigenvalue weighted by atomic mass is 10.3. The normalized spacial score (nSPS) is 11.2. The van der Waals surface area contributed by atoms with Gasteiger partial charge < -0.3 is 14.6 Å². The summed E-state index contributed by atoms with van der Waals surface area (Å²) in [6, 6.07) is 2.11. The van der Waals surface area contributed by atoms with Gasteiger partial charge in [0.25, 0.3) is 0 Å². The molecule has 0 bridgehead atoms. The third-order valence-electron chi connectivity index (χ3n) is 3.35. The topological polar surface area (TPSA) is 56.9 Å². The summed E-state index contributed by atoms with van der Waals surface area (Å²) in [4.78, 5) is 4.41. The zero-order valence-electron chi connectivity index (χ0n) is 12.7. The number of methoxy groups -OCH3 is 1. The second-order valence-corrected chi connectivity index (χ2v) is 4.95. The van der Waals surface area contributed by atoms with Gasteiger partial charge in [-0.05, 0) is 19.9 Å². The van der Waals surface area contributed by atoms with Crippen molar-refractivity contribution >= 4 is 0 Å². The highest BCUT2D eigenvalue weighted by molar-refractivity contribution is 5.13. The molecule has 0 unspecified atom stereocenters. The second-order valence-electron chi connectivity index (χ2n) is 4.95. The first kappa shape index (κ1) is 14.7. The lowest BCUT2D eigenvalue weighted by Gasteiger charge is -2.11. The number of rotatable bonds is 7. The number of nitrogens with zero attached hydrogens (tertiary/aromatic N) is 4. The summed E-state index contributed by atoms with van der Waals surface area (Å²) in [5.41, 5.74) is 3.40. The van der Waals surface area contributed by atoms with Gasteiger partial charge in [0.2, 0.25) is 0 Å². The van der Waals surface area contributed by atoms with Crippen molar-refractivity contribution in [3.05, 3.63) is 35.2 Å². The first-order valence-electron chi connectivity index (χ1n) is 6.82. The smallest absolute Gasteiger partial charge is 0.106 e. The molecule has 0 radical (unpaired) electrons. The average Bonchev–Trinajstić information content (AvgIpc) is 2.91. The Balaban J connectivity index is 2.07. The molecule has 20 heavy (non-hydrogen) atoms. The molecular weight excluding hydrogens is 254 g/mol. The molecule has 2 aromatic heterocycles. The molecule has 0 aromatic carbocycles. The van der Waals surface area contributed by atoms with Gasteiger partial charge in [0.05, 0.1) is 30.2 Å². The van der Waals surface area contributed by atoms with Crippen LogP contribution in [0.25, 0.3) is 0 Å². The van der Waals surface area contributed by atoms with E-state index in [1.807, 2.05) is 31.8 Å². The summed E-state index contributed by atoms with van der Waals surface area (Å²) < 4.78 is 9.18. The van der Waals surface area contributed by atoms with E-state index in [1.165, 1.54) is 11.4 Å². The van der Waals surface area contributed by atoms with E-state index in [9.17, 15) is 0 Å². The SMILES string of the molecule is COCCNCc1cnc(C)n1Cc1cc(C)nn1C. The number of hydrogen-bond donors (Lipinski definition) is 1. The van der Waals surface area contributed by atoms with Gasteiger partial charge in [-0.1, -0.05) is 0 Å². The van der Waals surface area contributed by atoms with E-state index in [0.717, 1.165) is 31.2 Å². The van der Waals surface area contributed by atoms with Crippen LogP contribution in [0.15, 0.2) is 12.3 Å². The lowest BCUT2D eigenvalue weighted by Crippen LogP contribution is -2.21. The molecule has 0 aliphatic rings. The number of nitrogens with one attached hydrogen (secondary N) is 1. The highest BCUT2D eigenvalue weighted by Gasteiger charge is 2.09. The number of imidazole rings is 1. The minimum Gasteiger partial charge on any atom is -0.383 e. The van der Waals surface area contributed by atoms with Crippen molar-refractivity contribution in [2.24, 2.45) is 7.05 Å². The summed E-state index contributed by atoms with van der Waals surface area (Å²) in [5, 5.41) is 7.74. The van der Waals surface area contributed by atoms with Crippen molar-refractivity contribution in [3.8, 4) is 0 Å². The standard InChI is InChI=1S/C14H23N5O/c1-11-7-13(18(3)17-11)10-19-12(2)16-9-14(19)8-15-5-6-20-4/h7,9,15H,5-6,8,10H2,1-4H3. The maximum absolute atomic E-state index is 5.03. The van der Waals surface area contributed by atoms with Gasteiger partial charge in [0, 0.05) is 33.4 Å². The van der Waals surface area contributed by atoms with Crippen LogP contribution in [-0.4, -0.2) is 39.6 Å². The minimum absolute atomic E-state index is 0.716. The predicted octanol–water partition coefficient (Wildman–Crippen LogP) is 1.02. The largest absolute Gasteiger partial charge is 0.383 e. The molecule has 110 valence electrons. The summed E-state index contributed by atoms with van der Waals surface area (Å²) in [6.07, 6.45) is 1.93. The Kier molecular flexibility index (Phi) is 4.92. The van der Waals surface area contributed by atoms with Gasteiger partial charge in [-0.3, -0.25) is 4.68 Å². The average molecular weight is 277 g/mol. The van der Waals surface area contributed by atoms with Crippen LogP contribution in [0.1, 0.15) is 22.9 Å². The Morgan fingerprint density at radius 1 is 1.30 bits per heavy atom. The molecule has 2 rings (SSSR count). The van der Waals surface area contributed by atoms with E-state index in [2.05, 4.69) is 26.0 Å². The minimum atomic E-state index is 0.716. The van der Waals surface area contributed by atoms with Gasteiger partial charge in [-0.25, -0.2) is 4.98 Å². The molecule has 0 spiro atoms. The molecule has 6 heteroatoms. The molecule has 2 heterocycles. The third-order valence-corrected chi connectivity index (χ3v) is 3.35. The highest BCUT2D eigenvalue weighted by Crippen LogP contribution is 2.10. The van der Waals surface area contributed by atoms with Crippen molar-refractivity contribution in [1.82, 2.24) is 24.6 Å². The summed E-state index contributed by atoms with van der Waals surface area (Å²) in [5.74, 6) is 1.02. The third kappa shape index (κ3) is 3.46. The lowest BCUT2D eigenvalue weighted by molar-refractivity contribution is 0.199. The van der Waals surface area contributed by atoms with Crippen molar-refractivity contribution < 1.29 is 4.74 Å². The molecule has 0 saturated carbocycles. The number of aryl methyl sites for hydroxylation is 3. The van der Waals surface area contributed by atoms with Crippen molar-refractivity contribution in [1.29, 1.82) is 0 Å². The quantitative estimate of drug-likeness (QED) is 0.768. The zero-order valence-corrected chi connectivity index (χ0v) is 12.7. The Morgan fingerprint density at radius 2 is 2.10 bits per heavy atom. The van der Waals surface area contributed by atoms with Gasteiger partial charge in [0.1, 0.15) is 5.82 Å². The van der Waals surface area contributed by atoms with E-state index in [0.29, 0.717) is 6.61 Å². The fraction of sp³-hybridized carbons (Fsp3) is 0.571. The molecule has 0 fully saturated rings. The molecular formula is C14H23N5O.